The van der Waals surface area contributed by atoms with E-state index in [4.69, 9.17) is 0 Å². The fraction of sp³-hybridized carbons (Fsp3) is 0.750. The highest BCUT2D eigenvalue weighted by atomic mass is 16.2. The van der Waals surface area contributed by atoms with Crippen LogP contribution in [-0.2, 0) is 18.4 Å². The van der Waals surface area contributed by atoms with Gasteiger partial charge in [0.1, 0.15) is 18.7 Å². The number of hydrogen-bond acceptors (Lipinski definition) is 4. The fourth-order valence-electron chi connectivity index (χ4n) is 2.79. The van der Waals surface area contributed by atoms with Crippen molar-refractivity contribution in [2.24, 2.45) is 18.0 Å². The van der Waals surface area contributed by atoms with E-state index in [9.17, 15) is 4.79 Å². The van der Waals surface area contributed by atoms with Crippen LogP contribution in [0.3, 0.4) is 0 Å². The van der Waals surface area contributed by atoms with Crippen LogP contribution in [0.1, 0.15) is 38.4 Å². The number of carbonyl (C=O) groups is 1. The minimum Gasteiger partial charge on any atom is -0.353 e. The summed E-state index contributed by atoms with van der Waals surface area (Å²) < 4.78 is 1.70. The first-order valence-corrected chi connectivity index (χ1v) is 8.55. The lowest BCUT2D eigenvalue weighted by Gasteiger charge is -2.31. The lowest BCUT2D eigenvalue weighted by atomic mass is 9.86. The van der Waals surface area contributed by atoms with Crippen molar-refractivity contribution in [3.8, 4) is 0 Å². The molecule has 2 N–H and O–H groups in total. The van der Waals surface area contributed by atoms with E-state index in [2.05, 4.69) is 32.6 Å². The maximum atomic E-state index is 11.8. The molecule has 1 saturated carbocycles. The molecule has 8 nitrogen and oxygen atoms in total. The number of aryl methyl sites for hydroxylation is 1. The van der Waals surface area contributed by atoms with E-state index in [1.54, 1.807) is 23.7 Å². The highest BCUT2D eigenvalue weighted by molar-refractivity contribution is 5.86. The first kappa shape index (κ1) is 18.2. The summed E-state index contributed by atoms with van der Waals surface area (Å²) >= 11 is 0. The summed E-state index contributed by atoms with van der Waals surface area (Å²) in [7, 11) is 5.34. The molecule has 1 aliphatic rings. The van der Waals surface area contributed by atoms with Crippen LogP contribution in [0.15, 0.2) is 11.3 Å². The molecule has 1 aliphatic carbocycles. The summed E-state index contributed by atoms with van der Waals surface area (Å²) in [6.45, 7) is 2.91. The van der Waals surface area contributed by atoms with Crippen LogP contribution in [0, 0.1) is 5.92 Å². The molecule has 2 atom stereocenters. The summed E-state index contributed by atoms with van der Waals surface area (Å²) in [5, 5.41) is 10.7. The molecule has 0 radical (unpaired) electrons. The number of rotatable bonds is 5. The minimum atomic E-state index is 0.0138. The van der Waals surface area contributed by atoms with E-state index in [0.717, 1.165) is 12.2 Å². The Bertz CT molecular complexity index is 567. The third-order valence-electron chi connectivity index (χ3n) is 4.52. The van der Waals surface area contributed by atoms with Crippen molar-refractivity contribution < 1.29 is 4.79 Å². The number of amides is 1. The molecule has 2 unspecified atom stereocenters. The quantitative estimate of drug-likeness (QED) is 0.605. The summed E-state index contributed by atoms with van der Waals surface area (Å²) in [4.78, 5) is 22.2. The molecule has 24 heavy (non-hydrogen) atoms. The van der Waals surface area contributed by atoms with E-state index < -0.39 is 0 Å². The summed E-state index contributed by atoms with van der Waals surface area (Å²) in [6, 6.07) is 0.388. The second-order valence-electron chi connectivity index (χ2n) is 6.62. The fourth-order valence-corrected chi connectivity index (χ4v) is 2.79. The number of hydrogen-bond donors (Lipinski definition) is 2. The lowest BCUT2D eigenvalue weighted by Crippen LogP contribution is -2.49. The number of likely N-dealkylation sites (N-methyl/N-ethyl adjacent to an activating group) is 1. The van der Waals surface area contributed by atoms with Crippen LogP contribution in [0.25, 0.3) is 0 Å². The number of aromatic nitrogens is 3. The average Bonchev–Trinajstić information content (AvgIpc) is 2.96. The van der Waals surface area contributed by atoms with Gasteiger partial charge in [-0.2, -0.15) is 5.10 Å². The predicted octanol–water partition coefficient (Wildman–Crippen LogP) is 0.517. The van der Waals surface area contributed by atoms with Gasteiger partial charge in [-0.3, -0.25) is 9.48 Å². The molecule has 134 valence electrons. The van der Waals surface area contributed by atoms with Crippen LogP contribution < -0.4 is 10.6 Å². The van der Waals surface area contributed by atoms with Gasteiger partial charge in [0.2, 0.25) is 5.91 Å². The molecule has 0 spiro atoms. The SMILES string of the molecule is CC1CCCCC1NC(=NCc1ncnn1C)NCC(=O)N(C)C. The van der Waals surface area contributed by atoms with Gasteiger partial charge in [-0.1, -0.05) is 19.8 Å². The highest BCUT2D eigenvalue weighted by Gasteiger charge is 2.22. The first-order valence-electron chi connectivity index (χ1n) is 8.55. The van der Waals surface area contributed by atoms with Crippen LogP contribution in [0.5, 0.6) is 0 Å². The standard InChI is InChI=1S/C16H29N7O/c1-12-7-5-6-8-13(12)21-16(18-10-15(24)22(2)3)17-9-14-19-11-20-23(14)4/h11-13H,5-10H2,1-4H3,(H2,17,18,21). The third-order valence-corrected chi connectivity index (χ3v) is 4.52. The normalized spacial score (nSPS) is 21.4. The van der Waals surface area contributed by atoms with Gasteiger partial charge in [-0.25, -0.2) is 9.98 Å². The molecule has 1 fully saturated rings. The molecule has 1 aromatic rings. The molecule has 0 bridgehead atoms. The van der Waals surface area contributed by atoms with Gasteiger partial charge in [-0.05, 0) is 18.8 Å². The number of guanidine groups is 1. The Morgan fingerprint density at radius 1 is 1.42 bits per heavy atom. The number of nitrogens with zero attached hydrogens (tertiary/aromatic N) is 5. The van der Waals surface area contributed by atoms with Gasteiger partial charge in [0.05, 0.1) is 6.54 Å². The first-order chi connectivity index (χ1) is 11.5. The van der Waals surface area contributed by atoms with E-state index in [1.165, 1.54) is 25.6 Å². The Kier molecular flexibility index (Phi) is 6.57. The van der Waals surface area contributed by atoms with Gasteiger partial charge in [0, 0.05) is 27.2 Å². The molecule has 0 aliphatic heterocycles. The highest BCUT2D eigenvalue weighted by Crippen LogP contribution is 2.23. The Morgan fingerprint density at radius 3 is 2.79 bits per heavy atom. The van der Waals surface area contributed by atoms with Crippen molar-refractivity contribution in [2.75, 3.05) is 20.6 Å². The Balaban J connectivity index is 2.02. The zero-order valence-corrected chi connectivity index (χ0v) is 15.1. The smallest absolute Gasteiger partial charge is 0.241 e. The molecule has 1 aromatic heterocycles. The lowest BCUT2D eigenvalue weighted by molar-refractivity contribution is -0.127. The van der Waals surface area contributed by atoms with E-state index in [1.807, 2.05) is 7.05 Å². The summed E-state index contributed by atoms with van der Waals surface area (Å²) in [5.74, 6) is 2.06. The molecular weight excluding hydrogens is 306 g/mol. The maximum absolute atomic E-state index is 11.8. The van der Waals surface area contributed by atoms with Gasteiger partial charge in [0.25, 0.3) is 0 Å². The van der Waals surface area contributed by atoms with Crippen molar-refractivity contribution in [1.82, 2.24) is 30.3 Å². The largest absolute Gasteiger partial charge is 0.353 e. The minimum absolute atomic E-state index is 0.0138. The van der Waals surface area contributed by atoms with E-state index in [-0.39, 0.29) is 12.5 Å². The van der Waals surface area contributed by atoms with Crippen molar-refractivity contribution in [3.05, 3.63) is 12.2 Å². The summed E-state index contributed by atoms with van der Waals surface area (Å²) in [5.41, 5.74) is 0. The van der Waals surface area contributed by atoms with Gasteiger partial charge in [0.15, 0.2) is 5.96 Å². The predicted molar refractivity (Wildman–Crippen MR) is 93.4 cm³/mol. The van der Waals surface area contributed by atoms with Crippen molar-refractivity contribution in [1.29, 1.82) is 0 Å². The monoisotopic (exact) mass is 335 g/mol. The number of aliphatic imine (C=N–C) groups is 1. The van der Waals surface area contributed by atoms with E-state index in [0.29, 0.717) is 24.5 Å². The van der Waals surface area contributed by atoms with Crippen molar-refractivity contribution in [3.63, 3.8) is 0 Å². The topological polar surface area (TPSA) is 87.4 Å². The molecule has 2 rings (SSSR count). The zero-order chi connectivity index (χ0) is 17.5. The molecule has 1 amide bonds. The van der Waals surface area contributed by atoms with Crippen LogP contribution in [0.4, 0.5) is 0 Å². The summed E-state index contributed by atoms with van der Waals surface area (Å²) in [6.07, 6.45) is 6.40. The zero-order valence-electron chi connectivity index (χ0n) is 15.1. The molecule has 0 saturated heterocycles. The second-order valence-corrected chi connectivity index (χ2v) is 6.62. The van der Waals surface area contributed by atoms with Gasteiger partial charge in [-0.15, -0.1) is 0 Å². The Labute approximate surface area is 143 Å². The third kappa shape index (κ3) is 5.21. The van der Waals surface area contributed by atoms with Gasteiger partial charge < -0.3 is 15.5 Å². The van der Waals surface area contributed by atoms with Crippen molar-refractivity contribution in [2.45, 2.75) is 45.2 Å². The number of nitrogens with one attached hydrogen (secondary N) is 2. The van der Waals surface area contributed by atoms with Gasteiger partial charge >= 0.3 is 0 Å². The molecule has 1 heterocycles. The van der Waals surface area contributed by atoms with Crippen LogP contribution >= 0.6 is 0 Å². The number of carbonyl (C=O) groups excluding carboxylic acids is 1. The van der Waals surface area contributed by atoms with Crippen LogP contribution in [-0.4, -0.2) is 58.2 Å². The van der Waals surface area contributed by atoms with Crippen molar-refractivity contribution >= 4 is 11.9 Å². The molecule has 8 heteroatoms. The average molecular weight is 335 g/mol. The second kappa shape index (κ2) is 8.65. The Hall–Kier alpha value is -2.12. The van der Waals surface area contributed by atoms with E-state index >= 15 is 0 Å². The van der Waals surface area contributed by atoms with Crippen LogP contribution in [0.2, 0.25) is 0 Å². The Morgan fingerprint density at radius 2 is 2.17 bits per heavy atom. The molecule has 0 aromatic carbocycles. The molecular formula is C16H29N7O. The maximum Gasteiger partial charge on any atom is 0.241 e.